The number of hydrogen-bond donors (Lipinski definition) is 0. The van der Waals surface area contributed by atoms with Crippen LogP contribution >= 0.6 is 27.3 Å². The summed E-state index contributed by atoms with van der Waals surface area (Å²) in [7, 11) is 0.506. The molecule has 224 valence electrons. The van der Waals surface area contributed by atoms with E-state index in [1.807, 2.05) is 63.5 Å². The average molecular weight is 691 g/mol. The number of nitrogens with zero attached hydrogens (tertiary/aromatic N) is 3. The molecule has 3 heterocycles. The number of benzene rings is 1. The number of thiophene rings is 1. The molecule has 0 aliphatic rings. The molecule has 0 saturated carbocycles. The molecule has 0 spiro atoms. The maximum atomic E-state index is 13.9. The van der Waals surface area contributed by atoms with E-state index in [1.165, 1.54) is 20.6 Å². The summed E-state index contributed by atoms with van der Waals surface area (Å²) in [5.41, 5.74) is 1.11. The van der Waals surface area contributed by atoms with Gasteiger partial charge in [-0.3, -0.25) is 0 Å². The van der Waals surface area contributed by atoms with E-state index in [9.17, 15) is 9.59 Å². The largest absolute Gasteiger partial charge is 0.443 e. The predicted octanol–water partition coefficient (Wildman–Crippen LogP) is 8.02. The quantitative estimate of drug-likeness (QED) is 0.143. The SMILES string of the molecule is C[Si]OC(O[Si]C)C(C)(C)c1ccc2c(Br)c(-c3nn(C(=O)OC(C)(C)C)c4ccsc34)n(C(=O)OC(C)(C)C)c2c1. The smallest absolute Gasteiger partial charge is 0.435 e. The Hall–Kier alpha value is -2.30. The highest BCUT2D eigenvalue weighted by molar-refractivity contribution is 9.10. The van der Waals surface area contributed by atoms with Crippen LogP contribution in [0.5, 0.6) is 0 Å². The lowest BCUT2D eigenvalue weighted by Gasteiger charge is -2.34. The third kappa shape index (κ3) is 6.46. The minimum atomic E-state index is -0.751. The van der Waals surface area contributed by atoms with Crippen LogP contribution < -0.4 is 0 Å². The Labute approximate surface area is 263 Å². The second-order valence-corrected chi connectivity index (χ2v) is 15.3. The van der Waals surface area contributed by atoms with Crippen molar-refractivity contribution >= 4 is 80.1 Å². The van der Waals surface area contributed by atoms with Gasteiger partial charge in [0.25, 0.3) is 0 Å². The summed E-state index contributed by atoms with van der Waals surface area (Å²) in [6.45, 7) is 18.9. The van der Waals surface area contributed by atoms with Gasteiger partial charge in [0.2, 0.25) is 19.5 Å². The number of halogens is 1. The summed E-state index contributed by atoms with van der Waals surface area (Å²) in [5.74, 6) is 0. The molecule has 0 aliphatic carbocycles. The number of rotatable bonds is 7. The first kappa shape index (κ1) is 32.6. The summed E-state index contributed by atoms with van der Waals surface area (Å²) in [5, 5.41) is 7.38. The molecule has 42 heavy (non-hydrogen) atoms. The van der Waals surface area contributed by atoms with Crippen LogP contribution in [0.2, 0.25) is 13.1 Å². The molecule has 1 aromatic carbocycles. The Morgan fingerprint density at radius 1 is 0.905 bits per heavy atom. The molecular weight excluding hydrogens is 654 g/mol. The van der Waals surface area contributed by atoms with Crippen LogP contribution in [0.3, 0.4) is 0 Å². The number of fused-ring (bicyclic) bond motifs is 2. The van der Waals surface area contributed by atoms with Gasteiger partial charge in [-0.05, 0) is 93.6 Å². The molecule has 0 N–H and O–H groups in total. The lowest BCUT2D eigenvalue weighted by molar-refractivity contribution is -0.0432. The second kappa shape index (κ2) is 12.0. The Bertz CT molecular complexity index is 1620. The fourth-order valence-electron chi connectivity index (χ4n) is 4.47. The predicted molar refractivity (Wildman–Crippen MR) is 172 cm³/mol. The van der Waals surface area contributed by atoms with Gasteiger partial charge < -0.3 is 18.3 Å². The van der Waals surface area contributed by atoms with Gasteiger partial charge in [0, 0.05) is 10.8 Å². The van der Waals surface area contributed by atoms with Gasteiger partial charge in [-0.25, -0.2) is 14.2 Å². The van der Waals surface area contributed by atoms with Crippen molar-refractivity contribution in [3.05, 3.63) is 39.7 Å². The van der Waals surface area contributed by atoms with Crippen molar-refractivity contribution in [3.63, 3.8) is 0 Å². The molecule has 0 unspecified atom stereocenters. The summed E-state index contributed by atoms with van der Waals surface area (Å²) in [6, 6.07) is 7.78. The summed E-state index contributed by atoms with van der Waals surface area (Å²) in [6.07, 6.45) is -1.63. The molecule has 0 atom stereocenters. The maximum absolute atomic E-state index is 13.9. The van der Waals surface area contributed by atoms with Gasteiger partial charge in [0.05, 0.1) is 25.9 Å². The Balaban J connectivity index is 2.00. The number of carbonyl (C=O) groups excluding carboxylic acids is 2. The molecular formula is C29H36BrN3O6SSi2. The zero-order valence-electron chi connectivity index (χ0n) is 25.5. The van der Waals surface area contributed by atoms with Crippen LogP contribution in [0.25, 0.3) is 32.5 Å². The van der Waals surface area contributed by atoms with Crippen molar-refractivity contribution in [1.29, 1.82) is 0 Å². The third-order valence-corrected chi connectivity index (χ3v) is 8.96. The van der Waals surface area contributed by atoms with Gasteiger partial charge in [-0.15, -0.1) is 11.3 Å². The third-order valence-electron chi connectivity index (χ3n) is 6.34. The van der Waals surface area contributed by atoms with Crippen molar-refractivity contribution < 1.29 is 27.9 Å². The monoisotopic (exact) mass is 689 g/mol. The topological polar surface area (TPSA) is 93.8 Å². The van der Waals surface area contributed by atoms with Gasteiger partial charge in [0.15, 0.2) is 0 Å². The minimum absolute atomic E-state index is 0.253. The maximum Gasteiger partial charge on any atom is 0.435 e. The number of hydrogen-bond acceptors (Lipinski definition) is 8. The van der Waals surface area contributed by atoms with Gasteiger partial charge in [-0.1, -0.05) is 26.0 Å². The van der Waals surface area contributed by atoms with Gasteiger partial charge in [-0.2, -0.15) is 9.78 Å². The van der Waals surface area contributed by atoms with Crippen LogP contribution in [-0.2, 0) is 23.7 Å². The summed E-state index contributed by atoms with van der Waals surface area (Å²) < 4.78 is 27.7. The highest BCUT2D eigenvalue weighted by Crippen LogP contribution is 2.43. The average Bonchev–Trinajstić information content (AvgIpc) is 3.54. The van der Waals surface area contributed by atoms with Crippen molar-refractivity contribution in [2.24, 2.45) is 0 Å². The second-order valence-electron chi connectivity index (χ2n) is 12.3. The highest BCUT2D eigenvalue weighted by Gasteiger charge is 2.35. The Morgan fingerprint density at radius 3 is 2.07 bits per heavy atom. The first-order chi connectivity index (χ1) is 19.5. The van der Waals surface area contributed by atoms with Gasteiger partial charge >= 0.3 is 12.2 Å². The normalized spacial score (nSPS) is 13.0. The van der Waals surface area contributed by atoms with E-state index in [0.717, 1.165) is 15.6 Å². The van der Waals surface area contributed by atoms with Crippen LogP contribution in [0.15, 0.2) is 34.1 Å². The van der Waals surface area contributed by atoms with E-state index in [4.69, 9.17) is 23.4 Å². The molecule has 0 fully saturated rings. The minimum Gasteiger partial charge on any atom is -0.443 e. The number of ether oxygens (including phenoxy) is 2. The van der Waals surface area contributed by atoms with Crippen molar-refractivity contribution in [2.45, 2.75) is 91.4 Å². The van der Waals surface area contributed by atoms with E-state index in [1.54, 1.807) is 20.8 Å². The highest BCUT2D eigenvalue weighted by atomic mass is 79.9. The van der Waals surface area contributed by atoms with Crippen LogP contribution in [-0.4, -0.2) is 63.6 Å². The van der Waals surface area contributed by atoms with E-state index < -0.39 is 35.1 Å². The first-order valence-electron chi connectivity index (χ1n) is 13.4. The van der Waals surface area contributed by atoms with Gasteiger partial charge in [0.1, 0.15) is 23.2 Å². The lowest BCUT2D eigenvalue weighted by atomic mass is 9.83. The van der Waals surface area contributed by atoms with E-state index in [-0.39, 0.29) is 19.5 Å². The summed E-state index contributed by atoms with van der Waals surface area (Å²) in [4.78, 5) is 27.1. The molecule has 3 aromatic heterocycles. The van der Waals surface area contributed by atoms with Crippen molar-refractivity contribution in [2.75, 3.05) is 0 Å². The fourth-order valence-corrected chi connectivity index (χ4v) is 7.24. The van der Waals surface area contributed by atoms with Crippen LogP contribution in [0.4, 0.5) is 9.59 Å². The molecule has 4 radical (unpaired) electrons. The van der Waals surface area contributed by atoms with E-state index in [2.05, 4.69) is 29.8 Å². The van der Waals surface area contributed by atoms with Crippen LogP contribution in [0.1, 0.15) is 61.0 Å². The zero-order chi connectivity index (χ0) is 31.2. The van der Waals surface area contributed by atoms with E-state index >= 15 is 0 Å². The lowest BCUT2D eigenvalue weighted by Crippen LogP contribution is -2.39. The molecule has 0 amide bonds. The molecule has 9 nitrogen and oxygen atoms in total. The fraction of sp³-hybridized carbons (Fsp3) is 0.483. The summed E-state index contributed by atoms with van der Waals surface area (Å²) >= 11 is 5.20. The molecule has 0 bridgehead atoms. The Kier molecular flexibility index (Phi) is 9.32. The van der Waals surface area contributed by atoms with Crippen LogP contribution in [0, 0.1) is 0 Å². The van der Waals surface area contributed by atoms with Crippen molar-refractivity contribution in [1.82, 2.24) is 14.3 Å². The molecule has 4 aromatic rings. The van der Waals surface area contributed by atoms with E-state index in [0.29, 0.717) is 26.9 Å². The Morgan fingerprint density at radius 2 is 1.50 bits per heavy atom. The number of carbonyl (C=O) groups is 2. The molecule has 0 aliphatic heterocycles. The number of aromatic nitrogens is 3. The zero-order valence-corrected chi connectivity index (χ0v) is 29.9. The molecule has 13 heteroatoms. The molecule has 0 saturated heterocycles. The standard InChI is InChI=1S/C29H36BrN3O6SSi2/c1-27(2,3)36-25(34)32-19-15-16(29(7,8)24(38-41-9)39-42-10)11-12-17(19)20(30)22(32)21-23-18(13-14-40-23)33(31-21)26(35)37-28(4,5)6/h11-15,24H,1-10H3. The molecule has 4 rings (SSSR count). The first-order valence-corrected chi connectivity index (χ1v) is 17.9. The van der Waals surface area contributed by atoms with Crippen molar-refractivity contribution in [3.8, 4) is 11.4 Å².